The maximum absolute atomic E-state index is 12.1. The number of nitrogens with zero attached hydrogens (tertiary/aromatic N) is 1. The van der Waals surface area contributed by atoms with Gasteiger partial charge in [-0.3, -0.25) is 9.79 Å². The summed E-state index contributed by atoms with van der Waals surface area (Å²) in [6, 6.07) is 15.8. The lowest BCUT2D eigenvalue weighted by molar-refractivity contribution is -0.117. The van der Waals surface area contributed by atoms with E-state index in [9.17, 15) is 4.79 Å². The van der Waals surface area contributed by atoms with E-state index in [1.165, 1.54) is 5.56 Å². The van der Waals surface area contributed by atoms with Crippen molar-refractivity contribution in [3.8, 4) is 0 Å². The van der Waals surface area contributed by atoms with E-state index in [4.69, 9.17) is 5.73 Å². The van der Waals surface area contributed by atoms with Crippen molar-refractivity contribution in [3.63, 3.8) is 0 Å². The summed E-state index contributed by atoms with van der Waals surface area (Å²) in [4.78, 5) is 16.6. The molecule has 23 heavy (non-hydrogen) atoms. The third kappa shape index (κ3) is 2.90. The maximum atomic E-state index is 12.1. The van der Waals surface area contributed by atoms with Crippen molar-refractivity contribution in [2.75, 3.05) is 5.32 Å². The number of carbonyl (C=O) groups is 1. The van der Waals surface area contributed by atoms with Crippen molar-refractivity contribution >= 4 is 17.3 Å². The first kappa shape index (κ1) is 15.4. The van der Waals surface area contributed by atoms with Crippen molar-refractivity contribution in [1.29, 1.82) is 0 Å². The van der Waals surface area contributed by atoms with E-state index in [2.05, 4.69) is 37.1 Å². The molecule has 0 fully saturated rings. The molecule has 4 nitrogen and oxygen atoms in total. The summed E-state index contributed by atoms with van der Waals surface area (Å²) < 4.78 is 0. The monoisotopic (exact) mass is 307 g/mol. The second kappa shape index (κ2) is 5.63. The number of hydrogen-bond donors (Lipinski definition) is 2. The molecule has 0 spiro atoms. The van der Waals surface area contributed by atoms with Crippen LogP contribution in [0.3, 0.4) is 0 Å². The van der Waals surface area contributed by atoms with Crippen LogP contribution < -0.4 is 11.1 Å². The molecular weight excluding hydrogens is 286 g/mol. The van der Waals surface area contributed by atoms with Crippen LogP contribution in [0.1, 0.15) is 37.5 Å². The Morgan fingerprint density at radius 2 is 1.61 bits per heavy atom. The average molecular weight is 307 g/mol. The summed E-state index contributed by atoms with van der Waals surface area (Å²) in [6.07, 6.45) is -0.912. The Morgan fingerprint density at radius 1 is 1.00 bits per heavy atom. The van der Waals surface area contributed by atoms with E-state index in [1.54, 1.807) is 0 Å². The number of carbonyl (C=O) groups excluding carboxylic acids is 1. The number of benzodiazepines with no additional fused rings is 1. The second-order valence-corrected chi connectivity index (χ2v) is 6.75. The van der Waals surface area contributed by atoms with Gasteiger partial charge in [0.05, 0.1) is 11.4 Å². The number of anilines is 1. The first-order valence-electron chi connectivity index (χ1n) is 7.71. The summed E-state index contributed by atoms with van der Waals surface area (Å²) in [5.41, 5.74) is 10.5. The van der Waals surface area contributed by atoms with Gasteiger partial charge in [0.15, 0.2) is 6.17 Å². The number of nitrogens with one attached hydrogen (secondary N) is 1. The Morgan fingerprint density at radius 3 is 2.30 bits per heavy atom. The smallest absolute Gasteiger partial charge is 0.263 e. The van der Waals surface area contributed by atoms with Gasteiger partial charge < -0.3 is 11.1 Å². The normalized spacial score (nSPS) is 17.8. The van der Waals surface area contributed by atoms with Gasteiger partial charge in [-0.15, -0.1) is 0 Å². The molecule has 4 heteroatoms. The molecule has 1 unspecified atom stereocenters. The van der Waals surface area contributed by atoms with Gasteiger partial charge in [-0.05, 0) is 17.0 Å². The van der Waals surface area contributed by atoms with E-state index in [0.29, 0.717) is 0 Å². The molecule has 0 saturated heterocycles. The molecule has 1 aliphatic rings. The van der Waals surface area contributed by atoms with Crippen LogP contribution in [0.2, 0.25) is 0 Å². The van der Waals surface area contributed by atoms with Crippen molar-refractivity contribution in [2.45, 2.75) is 32.4 Å². The summed E-state index contributed by atoms with van der Waals surface area (Å²) in [5, 5.41) is 2.85. The van der Waals surface area contributed by atoms with Crippen molar-refractivity contribution in [1.82, 2.24) is 0 Å². The molecule has 3 N–H and O–H groups in total. The molecule has 0 radical (unpaired) electrons. The molecular formula is C19H21N3O. The third-order valence-electron chi connectivity index (χ3n) is 3.97. The maximum Gasteiger partial charge on any atom is 0.263 e. The zero-order valence-corrected chi connectivity index (χ0v) is 13.6. The van der Waals surface area contributed by atoms with Gasteiger partial charge in [-0.1, -0.05) is 63.2 Å². The van der Waals surface area contributed by atoms with Crippen molar-refractivity contribution in [2.24, 2.45) is 10.7 Å². The third-order valence-corrected chi connectivity index (χ3v) is 3.97. The SMILES string of the molecule is CC(C)(C)c1ccccc1C1=NC(N)C(=O)Nc2ccccc21. The van der Waals surface area contributed by atoms with Crippen LogP contribution in [-0.4, -0.2) is 17.8 Å². The highest BCUT2D eigenvalue weighted by atomic mass is 16.2. The number of benzene rings is 2. The number of amides is 1. The van der Waals surface area contributed by atoms with Crippen molar-refractivity contribution in [3.05, 3.63) is 65.2 Å². The average Bonchev–Trinajstić information content (AvgIpc) is 2.64. The number of fused-ring (bicyclic) bond motifs is 1. The van der Waals surface area contributed by atoms with Crippen LogP contribution in [0.4, 0.5) is 5.69 Å². The zero-order valence-electron chi connectivity index (χ0n) is 13.6. The van der Waals surface area contributed by atoms with Gasteiger partial charge in [0.1, 0.15) is 0 Å². The molecule has 0 aromatic heterocycles. The largest absolute Gasteiger partial charge is 0.322 e. The van der Waals surface area contributed by atoms with Gasteiger partial charge in [0.2, 0.25) is 0 Å². The Labute approximate surface area is 136 Å². The Hall–Kier alpha value is -2.46. The van der Waals surface area contributed by atoms with Gasteiger partial charge in [-0.25, -0.2) is 0 Å². The number of hydrogen-bond acceptors (Lipinski definition) is 3. The quantitative estimate of drug-likeness (QED) is 0.850. The molecule has 0 saturated carbocycles. The van der Waals surface area contributed by atoms with Crippen LogP contribution >= 0.6 is 0 Å². The summed E-state index contributed by atoms with van der Waals surface area (Å²) >= 11 is 0. The molecule has 2 aromatic rings. The minimum Gasteiger partial charge on any atom is -0.322 e. The van der Waals surface area contributed by atoms with Crippen LogP contribution in [0.15, 0.2) is 53.5 Å². The summed E-state index contributed by atoms with van der Waals surface area (Å²) in [6.45, 7) is 6.50. The highest BCUT2D eigenvalue weighted by molar-refractivity contribution is 6.20. The lowest BCUT2D eigenvalue weighted by atomic mass is 9.81. The standard InChI is InChI=1S/C19H21N3O/c1-19(2,3)14-10-6-4-8-12(14)16-13-9-5-7-11-15(13)21-18(23)17(20)22-16/h4-11,17H,20H2,1-3H3,(H,21,23). The molecule has 1 amide bonds. The second-order valence-electron chi connectivity index (χ2n) is 6.75. The minimum atomic E-state index is -0.912. The van der Waals surface area contributed by atoms with Crippen LogP contribution in [0, 0.1) is 0 Å². The Balaban J connectivity index is 2.27. The first-order valence-corrected chi connectivity index (χ1v) is 7.71. The fraction of sp³-hybridized carbons (Fsp3) is 0.263. The molecule has 0 bridgehead atoms. The van der Waals surface area contributed by atoms with E-state index < -0.39 is 6.17 Å². The highest BCUT2D eigenvalue weighted by Gasteiger charge is 2.26. The highest BCUT2D eigenvalue weighted by Crippen LogP contribution is 2.30. The number of rotatable bonds is 1. The molecule has 2 aromatic carbocycles. The minimum absolute atomic E-state index is 0.0398. The van der Waals surface area contributed by atoms with Crippen LogP contribution in [0.25, 0.3) is 0 Å². The van der Waals surface area contributed by atoms with Gasteiger partial charge in [0, 0.05) is 11.1 Å². The van der Waals surface area contributed by atoms with Crippen LogP contribution in [-0.2, 0) is 10.2 Å². The fourth-order valence-corrected chi connectivity index (χ4v) is 2.83. The molecule has 1 atom stereocenters. The van der Waals surface area contributed by atoms with Gasteiger partial charge in [0.25, 0.3) is 5.91 Å². The summed E-state index contributed by atoms with van der Waals surface area (Å²) in [7, 11) is 0. The fourth-order valence-electron chi connectivity index (χ4n) is 2.83. The van der Waals surface area contributed by atoms with E-state index in [-0.39, 0.29) is 11.3 Å². The first-order chi connectivity index (χ1) is 10.9. The number of nitrogens with two attached hydrogens (primary N) is 1. The molecule has 0 aliphatic carbocycles. The van der Waals surface area contributed by atoms with E-state index in [0.717, 1.165) is 22.5 Å². The van der Waals surface area contributed by atoms with Gasteiger partial charge >= 0.3 is 0 Å². The van der Waals surface area contributed by atoms with Crippen molar-refractivity contribution < 1.29 is 4.79 Å². The Bertz CT molecular complexity index is 787. The lowest BCUT2D eigenvalue weighted by Crippen LogP contribution is -2.33. The Kier molecular flexibility index (Phi) is 3.78. The lowest BCUT2D eigenvalue weighted by Gasteiger charge is -2.24. The van der Waals surface area contributed by atoms with E-state index >= 15 is 0 Å². The van der Waals surface area contributed by atoms with Gasteiger partial charge in [-0.2, -0.15) is 0 Å². The predicted molar refractivity (Wildman–Crippen MR) is 93.8 cm³/mol. The van der Waals surface area contributed by atoms with E-state index in [1.807, 2.05) is 42.5 Å². The summed E-state index contributed by atoms with van der Waals surface area (Å²) in [5.74, 6) is -0.291. The topological polar surface area (TPSA) is 67.5 Å². The van der Waals surface area contributed by atoms with Crippen LogP contribution in [0.5, 0.6) is 0 Å². The number of para-hydroxylation sites is 1. The molecule has 118 valence electrons. The zero-order chi connectivity index (χ0) is 16.6. The molecule has 3 rings (SSSR count). The number of aliphatic imine (C=N–C) groups is 1. The molecule has 1 aliphatic heterocycles. The predicted octanol–water partition coefficient (Wildman–Crippen LogP) is 3.06. The molecule has 1 heterocycles.